The van der Waals surface area contributed by atoms with Crippen LogP contribution in [0.4, 0.5) is 0 Å². The molecule has 3 aromatic rings. The number of hydrogen-bond acceptors (Lipinski definition) is 5. The lowest BCUT2D eigenvalue weighted by Gasteiger charge is -2.21. The molecule has 2 aliphatic rings. The van der Waals surface area contributed by atoms with Crippen LogP contribution in [0.3, 0.4) is 0 Å². The molecule has 0 amide bonds. The summed E-state index contributed by atoms with van der Waals surface area (Å²) >= 11 is 3.72. The minimum Gasteiger partial charge on any atom is -0.497 e. The Bertz CT molecular complexity index is 1420. The van der Waals surface area contributed by atoms with Crippen molar-refractivity contribution in [2.24, 2.45) is 0 Å². The Hall–Kier alpha value is -2.90. The highest BCUT2D eigenvalue weighted by Gasteiger charge is 2.20. The van der Waals surface area contributed by atoms with Crippen molar-refractivity contribution in [1.82, 2.24) is 0 Å². The SMILES string of the molecule is COc1ccc2c(c1)CCC(c1ccc(S(C)(=O)=O)cc1)=C2Br.COc1ccc2c(c1)CCCC2=O. The van der Waals surface area contributed by atoms with Crippen LogP contribution in [0.1, 0.15) is 51.9 Å². The summed E-state index contributed by atoms with van der Waals surface area (Å²) in [5, 5.41) is 0. The van der Waals surface area contributed by atoms with E-state index in [9.17, 15) is 13.2 Å². The number of ether oxygens (including phenoxy) is 2. The Labute approximate surface area is 221 Å². The second-order valence-electron chi connectivity index (χ2n) is 8.91. The van der Waals surface area contributed by atoms with E-state index in [1.54, 1.807) is 26.4 Å². The minimum atomic E-state index is -3.16. The molecular weight excluding hydrogens is 540 g/mol. The molecule has 0 N–H and O–H groups in total. The van der Waals surface area contributed by atoms with Gasteiger partial charge in [-0.2, -0.15) is 0 Å². The van der Waals surface area contributed by atoms with E-state index in [0.717, 1.165) is 58.4 Å². The fourth-order valence-electron chi connectivity index (χ4n) is 4.57. The fourth-order valence-corrected chi connectivity index (χ4v) is 6.02. The second-order valence-corrected chi connectivity index (χ2v) is 11.7. The monoisotopic (exact) mass is 568 g/mol. The summed E-state index contributed by atoms with van der Waals surface area (Å²) in [5.41, 5.74) is 6.68. The van der Waals surface area contributed by atoms with Crippen molar-refractivity contribution in [2.45, 2.75) is 37.0 Å². The van der Waals surface area contributed by atoms with E-state index in [1.807, 2.05) is 36.4 Å². The lowest BCUT2D eigenvalue weighted by molar-refractivity contribution is 0.0972. The van der Waals surface area contributed by atoms with Crippen molar-refractivity contribution in [2.75, 3.05) is 20.5 Å². The second kappa shape index (κ2) is 11.0. The molecule has 0 saturated carbocycles. The normalized spacial score (nSPS) is 14.8. The lowest BCUT2D eigenvalue weighted by atomic mass is 9.88. The number of aryl methyl sites for hydroxylation is 2. The highest BCUT2D eigenvalue weighted by atomic mass is 79.9. The quantitative estimate of drug-likeness (QED) is 0.358. The number of ketones is 1. The molecule has 5 nitrogen and oxygen atoms in total. The molecule has 0 aliphatic heterocycles. The Balaban J connectivity index is 0.000000197. The van der Waals surface area contributed by atoms with Crippen LogP contribution >= 0.6 is 15.9 Å². The third-order valence-corrected chi connectivity index (χ3v) is 8.59. The number of rotatable bonds is 4. The van der Waals surface area contributed by atoms with Gasteiger partial charge in [0.25, 0.3) is 0 Å². The number of benzene rings is 3. The zero-order valence-electron chi connectivity index (χ0n) is 20.6. The maximum atomic E-state index is 11.6. The van der Waals surface area contributed by atoms with E-state index < -0.39 is 9.84 Å². The Morgan fingerprint density at radius 1 is 0.750 bits per heavy atom. The van der Waals surface area contributed by atoms with Crippen LogP contribution in [0, 0.1) is 0 Å². The van der Waals surface area contributed by atoms with Gasteiger partial charge in [-0.05, 0) is 118 Å². The van der Waals surface area contributed by atoms with E-state index in [4.69, 9.17) is 9.47 Å². The van der Waals surface area contributed by atoms with Gasteiger partial charge in [0.2, 0.25) is 0 Å². The smallest absolute Gasteiger partial charge is 0.175 e. The summed E-state index contributed by atoms with van der Waals surface area (Å²) in [7, 11) is 0.154. The molecule has 2 aliphatic carbocycles. The molecule has 36 heavy (non-hydrogen) atoms. The average Bonchev–Trinajstić information content (AvgIpc) is 2.88. The Morgan fingerprint density at radius 2 is 1.33 bits per heavy atom. The van der Waals surface area contributed by atoms with Gasteiger partial charge < -0.3 is 9.47 Å². The maximum absolute atomic E-state index is 11.6. The van der Waals surface area contributed by atoms with Crippen LogP contribution in [-0.2, 0) is 22.7 Å². The van der Waals surface area contributed by atoms with Crippen LogP contribution in [-0.4, -0.2) is 34.7 Å². The molecule has 7 heteroatoms. The highest BCUT2D eigenvalue weighted by molar-refractivity contribution is 9.15. The number of halogens is 1. The predicted molar refractivity (Wildman–Crippen MR) is 147 cm³/mol. The van der Waals surface area contributed by atoms with Crippen LogP contribution in [0.2, 0.25) is 0 Å². The first-order valence-electron chi connectivity index (χ1n) is 11.8. The van der Waals surface area contributed by atoms with Crippen molar-refractivity contribution >= 4 is 41.6 Å². The number of fused-ring (bicyclic) bond motifs is 2. The molecule has 188 valence electrons. The largest absolute Gasteiger partial charge is 0.497 e. The third kappa shape index (κ3) is 5.73. The van der Waals surface area contributed by atoms with E-state index in [-0.39, 0.29) is 5.78 Å². The van der Waals surface area contributed by atoms with E-state index in [2.05, 4.69) is 28.1 Å². The zero-order chi connectivity index (χ0) is 25.9. The minimum absolute atomic E-state index is 0.268. The topological polar surface area (TPSA) is 69.7 Å². The van der Waals surface area contributed by atoms with Crippen molar-refractivity contribution < 1.29 is 22.7 Å². The van der Waals surface area contributed by atoms with Crippen molar-refractivity contribution in [1.29, 1.82) is 0 Å². The molecule has 0 heterocycles. The lowest BCUT2D eigenvalue weighted by Crippen LogP contribution is -2.10. The van der Waals surface area contributed by atoms with Crippen LogP contribution in [0.25, 0.3) is 10.1 Å². The van der Waals surface area contributed by atoms with Gasteiger partial charge in [-0.15, -0.1) is 0 Å². The number of allylic oxidation sites excluding steroid dienone is 1. The summed E-state index contributed by atoms with van der Waals surface area (Å²) in [6.45, 7) is 0. The summed E-state index contributed by atoms with van der Waals surface area (Å²) < 4.78 is 34.6. The average molecular weight is 570 g/mol. The van der Waals surface area contributed by atoms with E-state index in [1.165, 1.54) is 23.0 Å². The number of carbonyl (C=O) groups is 1. The van der Waals surface area contributed by atoms with Gasteiger partial charge in [0.05, 0.1) is 19.1 Å². The number of Topliss-reactive ketones (excluding diaryl/α,β-unsaturated/α-hetero) is 1. The number of sulfone groups is 1. The van der Waals surface area contributed by atoms with Gasteiger partial charge in [-0.25, -0.2) is 8.42 Å². The molecule has 0 aromatic heterocycles. The molecule has 0 radical (unpaired) electrons. The predicted octanol–water partition coefficient (Wildman–Crippen LogP) is 6.52. The molecule has 0 saturated heterocycles. The van der Waals surface area contributed by atoms with Gasteiger partial charge >= 0.3 is 0 Å². The maximum Gasteiger partial charge on any atom is 0.175 e. The summed E-state index contributed by atoms with van der Waals surface area (Å²) in [6.07, 6.45) is 5.72. The summed E-state index contributed by atoms with van der Waals surface area (Å²) in [4.78, 5) is 11.8. The van der Waals surface area contributed by atoms with Crippen LogP contribution < -0.4 is 9.47 Å². The first kappa shape index (κ1) is 26.2. The van der Waals surface area contributed by atoms with Gasteiger partial charge in [-0.3, -0.25) is 4.79 Å². The standard InChI is InChI=1S/C18H17BrO3S.C11H12O2/c1-22-14-6-10-17-13(11-14)5-9-16(18(17)19)12-3-7-15(8-4-12)23(2,20)21;1-13-9-5-6-10-8(7-9)3-2-4-11(10)12/h3-4,6-8,10-11H,5,9H2,1-2H3;5-7H,2-4H2,1H3. The van der Waals surface area contributed by atoms with Gasteiger partial charge in [0.1, 0.15) is 11.5 Å². The fraction of sp³-hybridized carbons (Fsp3) is 0.276. The molecule has 3 aromatic carbocycles. The Morgan fingerprint density at radius 3 is 1.92 bits per heavy atom. The summed E-state index contributed by atoms with van der Waals surface area (Å²) in [5.74, 6) is 1.97. The van der Waals surface area contributed by atoms with Gasteiger partial charge in [-0.1, -0.05) is 12.1 Å². The van der Waals surface area contributed by atoms with Crippen LogP contribution in [0.5, 0.6) is 11.5 Å². The van der Waals surface area contributed by atoms with Crippen molar-refractivity contribution in [3.8, 4) is 11.5 Å². The molecule has 5 rings (SSSR count). The molecular formula is C29H29BrO5S. The molecule has 0 spiro atoms. The number of methoxy groups -OCH3 is 2. The van der Waals surface area contributed by atoms with Crippen molar-refractivity contribution in [3.05, 3.63) is 88.5 Å². The molecule has 0 fully saturated rings. The third-order valence-electron chi connectivity index (χ3n) is 6.55. The summed E-state index contributed by atoms with van der Waals surface area (Å²) in [6, 6.07) is 18.9. The van der Waals surface area contributed by atoms with E-state index in [0.29, 0.717) is 11.3 Å². The number of hydrogen-bond donors (Lipinski definition) is 0. The molecule has 0 unspecified atom stereocenters. The highest BCUT2D eigenvalue weighted by Crippen LogP contribution is 2.41. The van der Waals surface area contributed by atoms with Gasteiger partial charge in [0.15, 0.2) is 15.6 Å². The van der Waals surface area contributed by atoms with E-state index >= 15 is 0 Å². The number of carbonyl (C=O) groups excluding carboxylic acids is 1. The van der Waals surface area contributed by atoms with Crippen LogP contribution in [0.15, 0.2) is 65.6 Å². The van der Waals surface area contributed by atoms with Gasteiger partial charge in [0, 0.05) is 22.7 Å². The molecule has 0 bridgehead atoms. The Kier molecular flexibility index (Phi) is 8.00. The molecule has 0 atom stereocenters. The van der Waals surface area contributed by atoms with Crippen molar-refractivity contribution in [3.63, 3.8) is 0 Å². The first-order valence-corrected chi connectivity index (χ1v) is 14.5. The first-order chi connectivity index (χ1) is 17.2. The zero-order valence-corrected chi connectivity index (χ0v) is 23.0.